The van der Waals surface area contributed by atoms with Gasteiger partial charge in [0.25, 0.3) is 0 Å². The Morgan fingerprint density at radius 2 is 1.96 bits per heavy atom. The van der Waals surface area contributed by atoms with Gasteiger partial charge in [-0.2, -0.15) is 0 Å². The second-order valence-electron chi connectivity index (χ2n) is 6.82. The molecule has 0 bridgehead atoms. The highest BCUT2D eigenvalue weighted by Gasteiger charge is 2.45. The molecular formula is C19H26FNO3. The maximum absolute atomic E-state index is 13.2. The largest absolute Gasteiger partial charge is 0.466 e. The van der Waals surface area contributed by atoms with Gasteiger partial charge in [-0.25, -0.2) is 4.39 Å². The van der Waals surface area contributed by atoms with Gasteiger partial charge in [0.15, 0.2) is 0 Å². The summed E-state index contributed by atoms with van der Waals surface area (Å²) in [4.78, 5) is 26.9. The van der Waals surface area contributed by atoms with Crippen LogP contribution in [0, 0.1) is 17.2 Å². The van der Waals surface area contributed by atoms with Gasteiger partial charge in [0.2, 0.25) is 5.91 Å². The summed E-state index contributed by atoms with van der Waals surface area (Å²) in [6, 6.07) is 6.18. The van der Waals surface area contributed by atoms with Crippen molar-refractivity contribution in [2.45, 2.75) is 40.0 Å². The zero-order valence-electron chi connectivity index (χ0n) is 14.7. The van der Waals surface area contributed by atoms with Crippen LogP contribution in [-0.4, -0.2) is 36.5 Å². The molecule has 132 valence electrons. The van der Waals surface area contributed by atoms with Gasteiger partial charge in [-0.05, 0) is 43.9 Å². The van der Waals surface area contributed by atoms with Crippen LogP contribution in [0.2, 0.25) is 0 Å². The number of hydrogen-bond acceptors (Lipinski definition) is 3. The standard InChI is InChI=1S/C19H26FNO3/c1-4-24-18(23)19(12-15-6-8-16(20)9-7-15)10-5-11-21(13-19)17(22)14(2)3/h6-9,14H,4-5,10-13H2,1-3H3/t19-/m1/s1. The lowest BCUT2D eigenvalue weighted by molar-refractivity contribution is -0.161. The molecule has 5 heteroatoms. The van der Waals surface area contributed by atoms with Gasteiger partial charge < -0.3 is 9.64 Å². The maximum atomic E-state index is 13.2. The third-order valence-corrected chi connectivity index (χ3v) is 4.55. The first-order valence-electron chi connectivity index (χ1n) is 8.58. The molecule has 1 fully saturated rings. The molecule has 0 saturated carbocycles. The van der Waals surface area contributed by atoms with Crippen molar-refractivity contribution >= 4 is 11.9 Å². The van der Waals surface area contributed by atoms with Crippen LogP contribution < -0.4 is 0 Å². The predicted molar refractivity (Wildman–Crippen MR) is 89.8 cm³/mol. The molecule has 0 aromatic heterocycles. The molecule has 1 aromatic rings. The molecular weight excluding hydrogens is 309 g/mol. The molecule has 0 unspecified atom stereocenters. The molecule has 2 rings (SSSR count). The maximum Gasteiger partial charge on any atom is 0.314 e. The van der Waals surface area contributed by atoms with Crippen molar-refractivity contribution in [3.8, 4) is 0 Å². The molecule has 1 aliphatic heterocycles. The van der Waals surface area contributed by atoms with Gasteiger partial charge in [-0.15, -0.1) is 0 Å². The van der Waals surface area contributed by atoms with Crippen LogP contribution >= 0.6 is 0 Å². The van der Waals surface area contributed by atoms with Crippen LogP contribution in [0.3, 0.4) is 0 Å². The number of nitrogens with zero attached hydrogens (tertiary/aromatic N) is 1. The van der Waals surface area contributed by atoms with E-state index < -0.39 is 5.41 Å². The minimum atomic E-state index is -0.753. The van der Waals surface area contributed by atoms with Crippen LogP contribution in [0.1, 0.15) is 39.2 Å². The fourth-order valence-electron chi connectivity index (χ4n) is 3.35. The SMILES string of the molecule is CCOC(=O)[C@@]1(Cc2ccc(F)cc2)CCCN(C(=O)C(C)C)C1. The van der Waals surface area contributed by atoms with Crippen molar-refractivity contribution < 1.29 is 18.7 Å². The predicted octanol–water partition coefficient (Wildman–Crippen LogP) is 3.20. The Labute approximate surface area is 143 Å². The number of rotatable bonds is 5. The van der Waals surface area contributed by atoms with Gasteiger partial charge >= 0.3 is 5.97 Å². The Kier molecular flexibility index (Phi) is 5.97. The van der Waals surface area contributed by atoms with E-state index in [0.717, 1.165) is 12.0 Å². The summed E-state index contributed by atoms with van der Waals surface area (Å²) in [6.45, 7) is 6.85. The smallest absolute Gasteiger partial charge is 0.314 e. The van der Waals surface area contributed by atoms with Crippen molar-refractivity contribution in [3.63, 3.8) is 0 Å². The quantitative estimate of drug-likeness (QED) is 0.776. The van der Waals surface area contributed by atoms with Gasteiger partial charge in [0.1, 0.15) is 5.82 Å². The fraction of sp³-hybridized carbons (Fsp3) is 0.579. The first kappa shape index (κ1) is 18.4. The minimum absolute atomic E-state index is 0.0579. The van der Waals surface area contributed by atoms with E-state index in [9.17, 15) is 14.0 Å². The average molecular weight is 335 g/mol. The number of likely N-dealkylation sites (tertiary alicyclic amines) is 1. The molecule has 1 saturated heterocycles. The Morgan fingerprint density at radius 1 is 1.29 bits per heavy atom. The number of carbonyl (C=O) groups excluding carboxylic acids is 2. The molecule has 0 N–H and O–H groups in total. The Balaban J connectivity index is 2.27. The summed E-state index contributed by atoms with van der Waals surface area (Å²) < 4.78 is 18.5. The zero-order chi connectivity index (χ0) is 17.7. The highest BCUT2D eigenvalue weighted by atomic mass is 19.1. The van der Waals surface area contributed by atoms with E-state index in [4.69, 9.17) is 4.74 Å². The number of esters is 1. The summed E-state index contributed by atoms with van der Waals surface area (Å²) >= 11 is 0. The van der Waals surface area contributed by atoms with Gasteiger partial charge in [-0.3, -0.25) is 9.59 Å². The molecule has 1 atom stereocenters. The van der Waals surface area contributed by atoms with E-state index in [1.165, 1.54) is 12.1 Å². The van der Waals surface area contributed by atoms with E-state index in [1.807, 2.05) is 13.8 Å². The Morgan fingerprint density at radius 3 is 2.54 bits per heavy atom. The van der Waals surface area contributed by atoms with Crippen molar-refractivity contribution in [2.24, 2.45) is 11.3 Å². The second kappa shape index (κ2) is 7.77. The van der Waals surface area contributed by atoms with Crippen LogP contribution in [-0.2, 0) is 20.7 Å². The van der Waals surface area contributed by atoms with E-state index >= 15 is 0 Å². The topological polar surface area (TPSA) is 46.6 Å². The van der Waals surface area contributed by atoms with Crippen LogP contribution in [0.5, 0.6) is 0 Å². The molecule has 0 spiro atoms. The van der Waals surface area contributed by atoms with Gasteiger partial charge in [0.05, 0.1) is 12.0 Å². The summed E-state index contributed by atoms with van der Waals surface area (Å²) in [5.74, 6) is -0.615. The lowest BCUT2D eigenvalue weighted by Crippen LogP contribution is -2.52. The van der Waals surface area contributed by atoms with Crippen LogP contribution in [0.15, 0.2) is 24.3 Å². The van der Waals surface area contributed by atoms with Crippen molar-refractivity contribution in [2.75, 3.05) is 19.7 Å². The van der Waals surface area contributed by atoms with Crippen molar-refractivity contribution in [1.82, 2.24) is 4.90 Å². The number of halogens is 1. The highest BCUT2D eigenvalue weighted by Crippen LogP contribution is 2.36. The third-order valence-electron chi connectivity index (χ3n) is 4.55. The highest BCUT2D eigenvalue weighted by molar-refractivity contribution is 5.82. The molecule has 1 heterocycles. The number of amides is 1. The fourth-order valence-corrected chi connectivity index (χ4v) is 3.35. The number of carbonyl (C=O) groups is 2. The van der Waals surface area contributed by atoms with Gasteiger partial charge in [-0.1, -0.05) is 26.0 Å². The minimum Gasteiger partial charge on any atom is -0.466 e. The van der Waals surface area contributed by atoms with E-state index in [-0.39, 0.29) is 23.6 Å². The van der Waals surface area contributed by atoms with Gasteiger partial charge in [0, 0.05) is 19.0 Å². The zero-order valence-corrected chi connectivity index (χ0v) is 14.7. The first-order valence-corrected chi connectivity index (χ1v) is 8.58. The summed E-state index contributed by atoms with van der Waals surface area (Å²) in [5, 5.41) is 0. The number of piperidine rings is 1. The molecule has 1 aromatic carbocycles. The van der Waals surface area contributed by atoms with E-state index in [1.54, 1.807) is 24.0 Å². The molecule has 1 amide bonds. The summed E-state index contributed by atoms with van der Waals surface area (Å²) in [7, 11) is 0. The van der Waals surface area contributed by atoms with Crippen molar-refractivity contribution in [1.29, 1.82) is 0 Å². The molecule has 0 radical (unpaired) electrons. The van der Waals surface area contributed by atoms with E-state index in [0.29, 0.717) is 32.5 Å². The number of hydrogen-bond donors (Lipinski definition) is 0. The van der Waals surface area contributed by atoms with Crippen molar-refractivity contribution in [3.05, 3.63) is 35.6 Å². The van der Waals surface area contributed by atoms with Crippen LogP contribution in [0.4, 0.5) is 4.39 Å². The van der Waals surface area contributed by atoms with Crippen LogP contribution in [0.25, 0.3) is 0 Å². The Bertz CT molecular complexity index is 585. The number of ether oxygens (including phenoxy) is 1. The molecule has 24 heavy (non-hydrogen) atoms. The second-order valence-corrected chi connectivity index (χ2v) is 6.82. The molecule has 4 nitrogen and oxygen atoms in total. The first-order chi connectivity index (χ1) is 11.4. The monoisotopic (exact) mass is 335 g/mol. The lowest BCUT2D eigenvalue weighted by atomic mass is 9.75. The number of benzene rings is 1. The molecule has 1 aliphatic rings. The summed E-state index contributed by atoms with van der Waals surface area (Å²) in [6.07, 6.45) is 1.89. The lowest BCUT2D eigenvalue weighted by Gasteiger charge is -2.41. The van der Waals surface area contributed by atoms with E-state index in [2.05, 4.69) is 0 Å². The Hall–Kier alpha value is -1.91. The third kappa shape index (κ3) is 4.13. The summed E-state index contributed by atoms with van der Waals surface area (Å²) in [5.41, 5.74) is 0.125. The molecule has 0 aliphatic carbocycles. The average Bonchev–Trinajstić information content (AvgIpc) is 2.56. The normalized spacial score (nSPS) is 21.0.